The molecule has 0 atom stereocenters. The fourth-order valence-corrected chi connectivity index (χ4v) is 1.77. The van der Waals surface area contributed by atoms with Gasteiger partial charge in [0.2, 0.25) is 0 Å². The Labute approximate surface area is 80.6 Å². The number of carbonyl (C=O) groups excluding carboxylic acids is 1. The van der Waals surface area contributed by atoms with Gasteiger partial charge >= 0.3 is 5.97 Å². The standard InChI is InChI=1S/C9H9NO2S/c1-6-5-8(13-7(6)2)9(11)12-4-3-10/h5H,4H2,1-2H3. The van der Waals surface area contributed by atoms with Gasteiger partial charge in [-0.05, 0) is 25.5 Å². The van der Waals surface area contributed by atoms with E-state index in [0.717, 1.165) is 10.4 Å². The normalized spacial score (nSPS) is 9.31. The first-order chi connectivity index (χ1) is 6.15. The van der Waals surface area contributed by atoms with Gasteiger partial charge in [-0.25, -0.2) is 4.79 Å². The molecule has 0 fully saturated rings. The molecule has 1 heterocycles. The third-order valence-corrected chi connectivity index (χ3v) is 2.77. The highest BCUT2D eigenvalue weighted by Gasteiger charge is 2.10. The van der Waals surface area contributed by atoms with Crippen LogP contribution in [0.25, 0.3) is 0 Å². The lowest BCUT2D eigenvalue weighted by molar-refractivity contribution is 0.0560. The summed E-state index contributed by atoms with van der Waals surface area (Å²) in [5.74, 6) is -0.414. The summed E-state index contributed by atoms with van der Waals surface area (Å²) in [5, 5.41) is 8.20. The van der Waals surface area contributed by atoms with E-state index >= 15 is 0 Å². The van der Waals surface area contributed by atoms with Gasteiger partial charge in [-0.15, -0.1) is 11.3 Å². The number of nitriles is 1. The molecule has 0 aromatic carbocycles. The van der Waals surface area contributed by atoms with Crippen LogP contribution in [0.15, 0.2) is 6.07 Å². The number of thiophene rings is 1. The van der Waals surface area contributed by atoms with Gasteiger partial charge in [0.15, 0.2) is 6.61 Å². The van der Waals surface area contributed by atoms with Crippen molar-refractivity contribution in [1.29, 1.82) is 5.26 Å². The Morgan fingerprint density at radius 2 is 2.38 bits per heavy atom. The number of carbonyl (C=O) groups is 1. The Balaban J connectivity index is 2.73. The lowest BCUT2D eigenvalue weighted by Gasteiger charge is -1.94. The van der Waals surface area contributed by atoms with Crippen molar-refractivity contribution in [3.05, 3.63) is 21.4 Å². The fourth-order valence-electron chi connectivity index (χ4n) is 0.843. The van der Waals surface area contributed by atoms with E-state index < -0.39 is 5.97 Å². The molecule has 1 rings (SSSR count). The summed E-state index contributed by atoms with van der Waals surface area (Å²) in [4.78, 5) is 12.9. The maximum Gasteiger partial charge on any atom is 0.349 e. The lowest BCUT2D eigenvalue weighted by atomic mass is 10.3. The molecule has 0 spiro atoms. The van der Waals surface area contributed by atoms with Crippen molar-refractivity contribution >= 4 is 17.3 Å². The second kappa shape index (κ2) is 4.06. The molecule has 3 nitrogen and oxygen atoms in total. The van der Waals surface area contributed by atoms with Crippen LogP contribution in [0.4, 0.5) is 0 Å². The molecule has 0 saturated heterocycles. The summed E-state index contributed by atoms with van der Waals surface area (Å²) in [6, 6.07) is 3.53. The Bertz CT molecular complexity index is 343. The van der Waals surface area contributed by atoms with Gasteiger partial charge in [-0.2, -0.15) is 5.26 Å². The number of hydrogen-bond acceptors (Lipinski definition) is 4. The van der Waals surface area contributed by atoms with E-state index in [0.29, 0.717) is 4.88 Å². The van der Waals surface area contributed by atoms with Crippen molar-refractivity contribution in [2.45, 2.75) is 13.8 Å². The molecule has 4 heteroatoms. The van der Waals surface area contributed by atoms with Gasteiger partial charge in [-0.1, -0.05) is 0 Å². The van der Waals surface area contributed by atoms with Crippen LogP contribution in [-0.4, -0.2) is 12.6 Å². The molecule has 0 unspecified atom stereocenters. The van der Waals surface area contributed by atoms with E-state index in [2.05, 4.69) is 4.74 Å². The zero-order valence-corrected chi connectivity index (χ0v) is 8.27. The highest BCUT2D eigenvalue weighted by molar-refractivity contribution is 7.14. The van der Waals surface area contributed by atoms with E-state index in [4.69, 9.17) is 5.26 Å². The van der Waals surface area contributed by atoms with Crippen molar-refractivity contribution in [1.82, 2.24) is 0 Å². The topological polar surface area (TPSA) is 50.1 Å². The molecule has 1 aromatic heterocycles. The SMILES string of the molecule is Cc1cc(C(=O)OCC#N)sc1C. The van der Waals surface area contributed by atoms with Crippen LogP contribution >= 0.6 is 11.3 Å². The first kappa shape index (κ1) is 9.75. The lowest BCUT2D eigenvalue weighted by Crippen LogP contribution is -2.02. The molecule has 0 aliphatic rings. The highest BCUT2D eigenvalue weighted by atomic mass is 32.1. The molecule has 0 N–H and O–H groups in total. The molecule has 0 amide bonds. The van der Waals surface area contributed by atoms with Gasteiger partial charge in [0.25, 0.3) is 0 Å². The number of rotatable bonds is 2. The molecule has 0 radical (unpaired) electrons. The Hall–Kier alpha value is -1.34. The summed E-state index contributed by atoms with van der Waals surface area (Å²) in [6.45, 7) is 3.70. The molecule has 68 valence electrons. The minimum atomic E-state index is -0.414. The second-order valence-electron chi connectivity index (χ2n) is 2.58. The van der Waals surface area contributed by atoms with E-state index in [1.807, 2.05) is 13.8 Å². The molecule has 0 aliphatic heterocycles. The average Bonchev–Trinajstić information content (AvgIpc) is 2.43. The minimum Gasteiger partial charge on any atom is -0.446 e. The molecular weight excluding hydrogens is 186 g/mol. The van der Waals surface area contributed by atoms with Crippen LogP contribution in [0, 0.1) is 25.2 Å². The largest absolute Gasteiger partial charge is 0.446 e. The maximum atomic E-state index is 11.2. The maximum absolute atomic E-state index is 11.2. The van der Waals surface area contributed by atoms with Crippen molar-refractivity contribution in [3.8, 4) is 6.07 Å². The summed E-state index contributed by atoms with van der Waals surface area (Å²) >= 11 is 1.39. The summed E-state index contributed by atoms with van der Waals surface area (Å²) in [6.07, 6.45) is 0. The average molecular weight is 195 g/mol. The molecule has 0 aliphatic carbocycles. The molecular formula is C9H9NO2S. The predicted octanol–water partition coefficient (Wildman–Crippen LogP) is 2.05. The van der Waals surface area contributed by atoms with Gasteiger partial charge < -0.3 is 4.74 Å². The Morgan fingerprint density at radius 3 is 2.85 bits per heavy atom. The third-order valence-electron chi connectivity index (χ3n) is 1.63. The van der Waals surface area contributed by atoms with E-state index in [1.54, 1.807) is 12.1 Å². The van der Waals surface area contributed by atoms with Crippen LogP contribution in [0.2, 0.25) is 0 Å². The van der Waals surface area contributed by atoms with E-state index in [9.17, 15) is 4.79 Å². The predicted molar refractivity (Wildman–Crippen MR) is 49.7 cm³/mol. The van der Waals surface area contributed by atoms with Gasteiger partial charge in [0, 0.05) is 4.88 Å². The number of ether oxygens (including phenoxy) is 1. The van der Waals surface area contributed by atoms with Gasteiger partial charge in [0.1, 0.15) is 10.9 Å². The Kier molecular flexibility index (Phi) is 3.04. The zero-order chi connectivity index (χ0) is 9.84. The van der Waals surface area contributed by atoms with Crippen molar-refractivity contribution in [2.24, 2.45) is 0 Å². The van der Waals surface area contributed by atoms with Crippen molar-refractivity contribution in [2.75, 3.05) is 6.61 Å². The smallest absolute Gasteiger partial charge is 0.349 e. The van der Waals surface area contributed by atoms with Crippen LogP contribution in [0.3, 0.4) is 0 Å². The molecule has 0 bridgehead atoms. The third kappa shape index (κ3) is 2.30. The van der Waals surface area contributed by atoms with Crippen molar-refractivity contribution in [3.63, 3.8) is 0 Å². The summed E-state index contributed by atoms with van der Waals surface area (Å²) < 4.78 is 4.66. The molecule has 1 aromatic rings. The van der Waals surface area contributed by atoms with Crippen LogP contribution < -0.4 is 0 Å². The minimum absolute atomic E-state index is 0.186. The molecule has 0 saturated carbocycles. The van der Waals surface area contributed by atoms with Gasteiger partial charge in [0.05, 0.1) is 0 Å². The highest BCUT2D eigenvalue weighted by Crippen LogP contribution is 2.21. The Morgan fingerprint density at radius 1 is 1.69 bits per heavy atom. The fraction of sp³-hybridized carbons (Fsp3) is 0.333. The first-order valence-electron chi connectivity index (χ1n) is 3.76. The quantitative estimate of drug-likeness (QED) is 0.678. The zero-order valence-electron chi connectivity index (χ0n) is 7.46. The van der Waals surface area contributed by atoms with Crippen LogP contribution in [-0.2, 0) is 4.74 Å². The molecule has 13 heavy (non-hydrogen) atoms. The summed E-state index contributed by atoms with van der Waals surface area (Å²) in [7, 11) is 0. The van der Waals surface area contributed by atoms with E-state index in [1.165, 1.54) is 11.3 Å². The number of hydrogen-bond donors (Lipinski definition) is 0. The second-order valence-corrected chi connectivity index (χ2v) is 3.84. The number of aryl methyl sites for hydroxylation is 2. The van der Waals surface area contributed by atoms with Crippen molar-refractivity contribution < 1.29 is 9.53 Å². The van der Waals surface area contributed by atoms with Crippen LogP contribution in [0.1, 0.15) is 20.1 Å². The van der Waals surface area contributed by atoms with Gasteiger partial charge in [-0.3, -0.25) is 0 Å². The first-order valence-corrected chi connectivity index (χ1v) is 4.58. The van der Waals surface area contributed by atoms with Crippen LogP contribution in [0.5, 0.6) is 0 Å². The number of esters is 1. The van der Waals surface area contributed by atoms with E-state index in [-0.39, 0.29) is 6.61 Å². The summed E-state index contributed by atoms with van der Waals surface area (Å²) in [5.41, 5.74) is 1.08. The number of nitrogens with zero attached hydrogens (tertiary/aromatic N) is 1. The monoisotopic (exact) mass is 195 g/mol.